The molecular weight excluding hydrogens is 440 g/mol. The van der Waals surface area contributed by atoms with Gasteiger partial charge in [-0.25, -0.2) is 8.42 Å². The number of rotatable bonds is 13. The molecular formula is C25H34N2O5S. The zero-order valence-electron chi connectivity index (χ0n) is 19.8. The predicted octanol–water partition coefficient (Wildman–Crippen LogP) is 3.19. The highest BCUT2D eigenvalue weighted by molar-refractivity contribution is 7.90. The number of carbonyl (C=O) groups excluding carboxylic acids is 1. The summed E-state index contributed by atoms with van der Waals surface area (Å²) in [7, 11) is 2.13. The summed E-state index contributed by atoms with van der Waals surface area (Å²) in [5, 5.41) is 2.93. The molecule has 0 fully saturated rings. The molecule has 8 heteroatoms. The summed E-state index contributed by atoms with van der Waals surface area (Å²) in [5.74, 6) is 1.43. The molecule has 0 aliphatic heterocycles. The second-order valence-corrected chi connectivity index (χ2v) is 9.91. The Morgan fingerprint density at radius 1 is 1.03 bits per heavy atom. The van der Waals surface area contributed by atoms with Gasteiger partial charge in [-0.05, 0) is 61.8 Å². The third kappa shape index (κ3) is 9.27. The summed E-state index contributed by atoms with van der Waals surface area (Å²) < 4.78 is 33.6. The van der Waals surface area contributed by atoms with E-state index in [0.29, 0.717) is 6.54 Å². The first-order valence-electron chi connectivity index (χ1n) is 10.9. The highest BCUT2D eigenvalue weighted by Crippen LogP contribution is 2.27. The van der Waals surface area contributed by atoms with E-state index in [0.717, 1.165) is 43.0 Å². The lowest BCUT2D eigenvalue weighted by Gasteiger charge is -2.17. The first-order valence-corrected chi connectivity index (χ1v) is 12.7. The Labute approximate surface area is 197 Å². The van der Waals surface area contributed by atoms with E-state index >= 15 is 0 Å². The molecule has 2 aromatic rings. The van der Waals surface area contributed by atoms with Crippen LogP contribution in [0, 0.1) is 0 Å². The molecule has 0 bridgehead atoms. The topological polar surface area (TPSA) is 84.9 Å². The monoisotopic (exact) mass is 474 g/mol. The number of benzene rings is 2. The molecule has 0 unspecified atom stereocenters. The number of amides is 1. The maximum atomic E-state index is 12.0. The second kappa shape index (κ2) is 13.0. The lowest BCUT2D eigenvalue weighted by molar-refractivity contribution is -0.120. The number of nitrogens with one attached hydrogen (secondary N) is 1. The molecule has 33 heavy (non-hydrogen) atoms. The van der Waals surface area contributed by atoms with Crippen molar-refractivity contribution in [1.29, 1.82) is 0 Å². The molecule has 7 nitrogen and oxygen atoms in total. The van der Waals surface area contributed by atoms with Gasteiger partial charge in [-0.3, -0.25) is 4.79 Å². The van der Waals surface area contributed by atoms with E-state index in [4.69, 9.17) is 9.47 Å². The number of ether oxygens (including phenoxy) is 2. The van der Waals surface area contributed by atoms with E-state index in [9.17, 15) is 13.2 Å². The van der Waals surface area contributed by atoms with Gasteiger partial charge in [0.05, 0.1) is 19.1 Å². The summed E-state index contributed by atoms with van der Waals surface area (Å²) >= 11 is 0. The van der Waals surface area contributed by atoms with E-state index in [1.807, 2.05) is 24.3 Å². The van der Waals surface area contributed by atoms with E-state index < -0.39 is 9.84 Å². The highest BCUT2D eigenvalue weighted by atomic mass is 32.2. The van der Waals surface area contributed by atoms with Crippen LogP contribution >= 0.6 is 0 Å². The second-order valence-electron chi connectivity index (χ2n) is 7.89. The Balaban J connectivity index is 1.64. The molecule has 1 amide bonds. The Morgan fingerprint density at radius 3 is 2.36 bits per heavy atom. The van der Waals surface area contributed by atoms with Crippen LogP contribution in [0.1, 0.15) is 24.0 Å². The van der Waals surface area contributed by atoms with Crippen LogP contribution in [0.5, 0.6) is 11.5 Å². The van der Waals surface area contributed by atoms with Gasteiger partial charge >= 0.3 is 0 Å². The van der Waals surface area contributed by atoms with Crippen molar-refractivity contribution >= 4 is 21.8 Å². The third-order valence-corrected chi connectivity index (χ3v) is 6.32. The summed E-state index contributed by atoms with van der Waals surface area (Å²) in [6, 6.07) is 12.5. The van der Waals surface area contributed by atoms with Gasteiger partial charge in [0, 0.05) is 25.8 Å². The smallest absolute Gasteiger partial charge is 0.223 e. The first kappa shape index (κ1) is 26.4. The Kier molecular flexibility index (Phi) is 10.4. The summed E-state index contributed by atoms with van der Waals surface area (Å²) in [5.41, 5.74) is 2.04. The molecule has 2 rings (SSSR count). The van der Waals surface area contributed by atoms with E-state index in [2.05, 4.69) is 17.3 Å². The molecule has 180 valence electrons. The van der Waals surface area contributed by atoms with Gasteiger partial charge in [0.15, 0.2) is 21.3 Å². The van der Waals surface area contributed by atoms with Crippen LogP contribution in [0.4, 0.5) is 0 Å². The quantitative estimate of drug-likeness (QED) is 0.449. The van der Waals surface area contributed by atoms with Crippen molar-refractivity contribution in [3.63, 3.8) is 0 Å². The molecule has 0 spiro atoms. The van der Waals surface area contributed by atoms with Gasteiger partial charge in [0.25, 0.3) is 0 Å². The molecule has 0 saturated carbocycles. The number of likely N-dealkylation sites (N-methyl/N-ethyl adjacent to an activating group) is 1. The zero-order valence-corrected chi connectivity index (χ0v) is 20.7. The highest BCUT2D eigenvalue weighted by Gasteiger charge is 2.07. The summed E-state index contributed by atoms with van der Waals surface area (Å²) in [6.45, 7) is 2.41. The van der Waals surface area contributed by atoms with E-state index in [1.165, 1.54) is 11.8 Å². The average Bonchev–Trinajstić information content (AvgIpc) is 2.80. The van der Waals surface area contributed by atoms with Crippen molar-refractivity contribution in [3.8, 4) is 11.5 Å². The Hall–Kier alpha value is -2.84. The fourth-order valence-electron chi connectivity index (χ4n) is 3.25. The molecule has 2 aromatic carbocycles. The normalized spacial score (nSPS) is 11.7. The summed E-state index contributed by atoms with van der Waals surface area (Å²) in [4.78, 5) is 14.5. The van der Waals surface area contributed by atoms with Crippen molar-refractivity contribution in [2.45, 2.75) is 24.2 Å². The zero-order chi connectivity index (χ0) is 24.3. The van der Waals surface area contributed by atoms with E-state index in [1.54, 1.807) is 44.6 Å². The number of nitrogens with zero attached hydrogens (tertiary/aromatic N) is 1. The van der Waals surface area contributed by atoms with Gasteiger partial charge in [-0.15, -0.1) is 0 Å². The minimum atomic E-state index is -3.20. The number of hydrogen-bond donors (Lipinski definition) is 1. The standard InChI is InChI=1S/C25H34N2O5S/c1-27(18-15-21-11-14-23(31-2)24(19-21)32-3)17-6-16-26-25(28)8-5-7-20-9-12-22(13-10-20)33(4,29)30/h5,7,9-14,19H,6,8,15-18H2,1-4H3,(H,26,28). The maximum Gasteiger partial charge on any atom is 0.223 e. The fraction of sp³-hybridized carbons (Fsp3) is 0.400. The molecule has 0 aromatic heterocycles. The van der Waals surface area contributed by atoms with Crippen molar-refractivity contribution in [1.82, 2.24) is 10.2 Å². The maximum absolute atomic E-state index is 12.0. The Morgan fingerprint density at radius 2 is 1.73 bits per heavy atom. The Bertz CT molecular complexity index is 1030. The molecule has 0 aliphatic rings. The van der Waals surface area contributed by atoms with Crippen LogP contribution in [0.15, 0.2) is 53.4 Å². The SMILES string of the molecule is COc1ccc(CCN(C)CCCNC(=O)CC=Cc2ccc(S(C)(=O)=O)cc2)cc1OC. The molecule has 0 saturated heterocycles. The van der Waals surface area contributed by atoms with Crippen molar-refractivity contribution < 1.29 is 22.7 Å². The van der Waals surface area contributed by atoms with Crippen LogP contribution in [0.3, 0.4) is 0 Å². The lowest BCUT2D eigenvalue weighted by Crippen LogP contribution is -2.28. The van der Waals surface area contributed by atoms with Gasteiger partial charge in [-0.1, -0.05) is 30.4 Å². The number of hydrogen-bond acceptors (Lipinski definition) is 6. The van der Waals surface area contributed by atoms with Crippen molar-refractivity contribution in [3.05, 3.63) is 59.7 Å². The fourth-order valence-corrected chi connectivity index (χ4v) is 3.88. The molecule has 1 N–H and O–H groups in total. The largest absolute Gasteiger partial charge is 0.493 e. The van der Waals surface area contributed by atoms with Crippen LogP contribution < -0.4 is 14.8 Å². The van der Waals surface area contributed by atoms with E-state index in [-0.39, 0.29) is 17.2 Å². The van der Waals surface area contributed by atoms with Gasteiger partial charge in [0.2, 0.25) is 5.91 Å². The first-order chi connectivity index (χ1) is 15.7. The van der Waals surface area contributed by atoms with Gasteiger partial charge < -0.3 is 19.7 Å². The minimum Gasteiger partial charge on any atom is -0.493 e. The third-order valence-electron chi connectivity index (χ3n) is 5.19. The summed E-state index contributed by atoms with van der Waals surface area (Å²) in [6.07, 6.45) is 6.82. The van der Waals surface area contributed by atoms with Crippen LogP contribution in [0.25, 0.3) is 6.08 Å². The number of carbonyl (C=O) groups is 1. The molecule has 0 aliphatic carbocycles. The number of methoxy groups -OCH3 is 2. The average molecular weight is 475 g/mol. The molecule has 0 atom stereocenters. The molecule has 0 heterocycles. The van der Waals surface area contributed by atoms with Gasteiger partial charge in [-0.2, -0.15) is 0 Å². The van der Waals surface area contributed by atoms with Gasteiger partial charge in [0.1, 0.15) is 0 Å². The predicted molar refractivity (Wildman–Crippen MR) is 132 cm³/mol. The van der Waals surface area contributed by atoms with Crippen molar-refractivity contribution in [2.24, 2.45) is 0 Å². The van der Waals surface area contributed by atoms with Crippen molar-refractivity contribution in [2.75, 3.05) is 47.2 Å². The number of sulfone groups is 1. The van der Waals surface area contributed by atoms with Crippen LogP contribution in [-0.4, -0.2) is 66.4 Å². The minimum absolute atomic E-state index is 0.0352. The lowest BCUT2D eigenvalue weighted by atomic mass is 10.1. The van der Waals surface area contributed by atoms with Crippen LogP contribution in [-0.2, 0) is 21.1 Å². The van der Waals surface area contributed by atoms with Crippen LogP contribution in [0.2, 0.25) is 0 Å². The molecule has 0 radical (unpaired) electrons.